The van der Waals surface area contributed by atoms with Gasteiger partial charge in [-0.2, -0.15) is 0 Å². The van der Waals surface area contributed by atoms with Gasteiger partial charge in [-0.25, -0.2) is 4.79 Å². The second kappa shape index (κ2) is 14.7. The van der Waals surface area contributed by atoms with Crippen LogP contribution in [0.3, 0.4) is 0 Å². The first-order chi connectivity index (χ1) is 8.45. The van der Waals surface area contributed by atoms with E-state index in [4.69, 9.17) is 0 Å². The minimum atomic E-state index is -0.664. The zero-order valence-corrected chi connectivity index (χ0v) is 15.0. The second-order valence-corrected chi connectivity index (χ2v) is 8.40. The van der Waals surface area contributed by atoms with E-state index in [2.05, 4.69) is 25.2 Å². The van der Waals surface area contributed by atoms with Crippen LogP contribution < -0.4 is 0 Å². The molecule has 0 saturated carbocycles. The summed E-state index contributed by atoms with van der Waals surface area (Å²) in [6.07, 6.45) is 5.84. The summed E-state index contributed by atoms with van der Waals surface area (Å²) >= 11 is 0.149. The van der Waals surface area contributed by atoms with Crippen molar-refractivity contribution in [3.05, 3.63) is 12.2 Å². The van der Waals surface area contributed by atoms with Crippen molar-refractivity contribution in [3.63, 3.8) is 0 Å². The van der Waals surface area contributed by atoms with Gasteiger partial charge < -0.3 is 4.74 Å². The van der Waals surface area contributed by atoms with Gasteiger partial charge in [0.05, 0.1) is 0 Å². The Morgan fingerprint density at radius 1 is 1.06 bits per heavy atom. The molecule has 0 aromatic rings. The third kappa shape index (κ3) is 18.1. The van der Waals surface area contributed by atoms with Gasteiger partial charge in [-0.15, -0.1) is 0 Å². The minimum absolute atomic E-state index is 0.149. The zero-order chi connectivity index (χ0) is 14.4. The summed E-state index contributed by atoms with van der Waals surface area (Å²) < 4.78 is 7.38. The van der Waals surface area contributed by atoms with Crippen LogP contribution in [0.15, 0.2) is 12.2 Å². The summed E-state index contributed by atoms with van der Waals surface area (Å²) in [6, 6.07) is 0. The molecule has 0 aromatic carbocycles. The average molecular weight is 361 g/mol. The molecule has 0 rings (SSSR count). The number of rotatable bonds is 7. The second-order valence-electron chi connectivity index (χ2n) is 4.12. The molecule has 104 valence electrons. The van der Waals surface area contributed by atoms with E-state index in [1.807, 2.05) is 0 Å². The molecule has 0 aliphatic heterocycles. The summed E-state index contributed by atoms with van der Waals surface area (Å²) in [6.45, 7) is 10.5. The van der Waals surface area contributed by atoms with Crippen LogP contribution >= 0.6 is 0 Å². The molecule has 0 saturated heterocycles. The predicted molar refractivity (Wildman–Crippen MR) is 76.8 cm³/mol. The average Bonchev–Trinajstić information content (AvgIpc) is 2.29. The van der Waals surface area contributed by atoms with Crippen molar-refractivity contribution < 1.29 is 14.3 Å². The fourth-order valence-corrected chi connectivity index (χ4v) is 5.10. The maximum absolute atomic E-state index is 10.4. The Morgan fingerprint density at radius 2 is 1.50 bits per heavy atom. The van der Waals surface area contributed by atoms with Crippen molar-refractivity contribution in [2.45, 2.75) is 62.3 Å². The molecule has 4 heteroatoms. The summed E-state index contributed by atoms with van der Waals surface area (Å²) in [5.41, 5.74) is 0.227. The molecular formula is C14H26O3Sn. The Kier molecular flexibility index (Phi) is 16.4. The molecule has 0 aliphatic carbocycles. The first-order valence-corrected chi connectivity index (χ1v) is 10.6. The van der Waals surface area contributed by atoms with Gasteiger partial charge in [0.25, 0.3) is 0 Å². The van der Waals surface area contributed by atoms with E-state index >= 15 is 0 Å². The van der Waals surface area contributed by atoms with Gasteiger partial charge in [0.1, 0.15) is 0 Å². The van der Waals surface area contributed by atoms with Gasteiger partial charge >= 0.3 is 81.5 Å². The van der Waals surface area contributed by atoms with Crippen LogP contribution in [0.25, 0.3) is 0 Å². The number of carbonyl (C=O) groups excluding carboxylic acids is 2. The van der Waals surface area contributed by atoms with E-state index in [1.165, 1.54) is 39.5 Å². The Hall–Kier alpha value is -0.321. The normalized spacial score (nSPS) is 9.11. The molecular weight excluding hydrogens is 335 g/mol. The van der Waals surface area contributed by atoms with Crippen LogP contribution in [0.2, 0.25) is 8.87 Å². The number of carbonyl (C=O) groups is 2. The summed E-state index contributed by atoms with van der Waals surface area (Å²) in [5, 5.41) is 0. The monoisotopic (exact) mass is 362 g/mol. The van der Waals surface area contributed by atoms with Gasteiger partial charge in [-0.3, -0.25) is 4.79 Å². The van der Waals surface area contributed by atoms with Crippen LogP contribution in [-0.4, -0.2) is 33.1 Å². The Bertz CT molecular complexity index is 243. The number of ether oxygens (including phenoxy) is 1. The van der Waals surface area contributed by atoms with Gasteiger partial charge in [-0.05, 0) is 6.92 Å². The zero-order valence-electron chi connectivity index (χ0n) is 12.2. The molecule has 0 atom stereocenters. The van der Waals surface area contributed by atoms with Crippen molar-refractivity contribution in [1.29, 1.82) is 0 Å². The molecule has 0 fully saturated rings. The third-order valence-electron chi connectivity index (χ3n) is 2.00. The number of hydrogen-bond donors (Lipinski definition) is 0. The molecule has 0 bridgehead atoms. The molecule has 0 heterocycles. The standard InChI is InChI=1S/C6H8O3.2C4H9.Sn/c1-4(2)6(8)9-5(3)7;2*1-3-4-2;/h1H2,2-3H3;2*1,3-4H2,2H3;. The third-order valence-corrected chi connectivity index (χ3v) is 6.04. The van der Waals surface area contributed by atoms with E-state index < -0.39 is 11.9 Å². The van der Waals surface area contributed by atoms with Crippen molar-refractivity contribution in [2.75, 3.05) is 0 Å². The molecule has 0 N–H and O–H groups in total. The molecule has 0 amide bonds. The van der Waals surface area contributed by atoms with Crippen LogP contribution in [0.4, 0.5) is 0 Å². The molecule has 0 spiro atoms. The fraction of sp³-hybridized carbons (Fsp3) is 0.714. The van der Waals surface area contributed by atoms with Crippen LogP contribution in [0.1, 0.15) is 53.4 Å². The summed E-state index contributed by atoms with van der Waals surface area (Å²) in [7, 11) is 0. The Morgan fingerprint density at radius 3 is 1.72 bits per heavy atom. The molecule has 18 heavy (non-hydrogen) atoms. The number of hydrogen-bond acceptors (Lipinski definition) is 3. The van der Waals surface area contributed by atoms with Crippen LogP contribution in [-0.2, 0) is 14.3 Å². The van der Waals surface area contributed by atoms with Gasteiger partial charge in [0.15, 0.2) is 0 Å². The fourth-order valence-electron chi connectivity index (χ4n) is 0.946. The SMILES string of the molecule is C=C(C)C(=O)OC(C)=O.CCC[CH2][Sn][CH2]CCC. The Labute approximate surface area is 122 Å². The van der Waals surface area contributed by atoms with E-state index in [0.29, 0.717) is 0 Å². The van der Waals surface area contributed by atoms with E-state index in [0.717, 1.165) is 0 Å². The Balaban J connectivity index is 0. The van der Waals surface area contributed by atoms with Crippen LogP contribution in [0.5, 0.6) is 0 Å². The van der Waals surface area contributed by atoms with E-state index in [1.54, 1.807) is 8.87 Å². The van der Waals surface area contributed by atoms with Crippen LogP contribution in [0, 0.1) is 0 Å². The summed E-state index contributed by atoms with van der Waals surface area (Å²) in [4.78, 5) is 20.5. The number of esters is 2. The number of unbranched alkanes of at least 4 members (excludes halogenated alkanes) is 2. The first kappa shape index (κ1) is 20.0. The van der Waals surface area contributed by atoms with E-state index in [9.17, 15) is 9.59 Å². The molecule has 3 nitrogen and oxygen atoms in total. The molecule has 0 unspecified atom stereocenters. The first-order valence-electron chi connectivity index (χ1n) is 6.54. The maximum atomic E-state index is 10.4. The molecule has 0 aliphatic rings. The van der Waals surface area contributed by atoms with Crippen molar-refractivity contribution in [1.82, 2.24) is 0 Å². The van der Waals surface area contributed by atoms with Crippen molar-refractivity contribution >= 4 is 33.1 Å². The summed E-state index contributed by atoms with van der Waals surface area (Å²) in [5.74, 6) is -1.27. The topological polar surface area (TPSA) is 43.4 Å². The quantitative estimate of drug-likeness (QED) is 0.228. The molecule has 0 aromatic heterocycles. The van der Waals surface area contributed by atoms with Gasteiger partial charge in [0, 0.05) is 12.5 Å². The van der Waals surface area contributed by atoms with Crippen molar-refractivity contribution in [2.24, 2.45) is 0 Å². The van der Waals surface area contributed by atoms with Gasteiger partial charge in [0.2, 0.25) is 0 Å². The van der Waals surface area contributed by atoms with Gasteiger partial charge in [-0.1, -0.05) is 6.58 Å². The van der Waals surface area contributed by atoms with E-state index in [-0.39, 0.29) is 26.7 Å². The van der Waals surface area contributed by atoms with Crippen molar-refractivity contribution in [3.8, 4) is 0 Å². The predicted octanol–water partition coefficient (Wildman–Crippen LogP) is 3.78. The molecule has 2 radical (unpaired) electrons.